The number of ether oxygens (including phenoxy) is 1. The molecule has 0 bridgehead atoms. The third-order valence-electron chi connectivity index (χ3n) is 4.17. The molecular formula is C20H16ClN3O4S. The molecule has 0 spiro atoms. The number of aromatic nitrogens is 2. The van der Waals surface area contributed by atoms with Crippen LogP contribution in [0.1, 0.15) is 27.3 Å². The molecule has 0 aliphatic heterocycles. The van der Waals surface area contributed by atoms with Crippen molar-refractivity contribution in [2.45, 2.75) is 18.4 Å². The Kier molecular flexibility index (Phi) is 5.73. The molecule has 9 heteroatoms. The molecule has 7 nitrogen and oxygen atoms in total. The van der Waals surface area contributed by atoms with E-state index in [-0.39, 0.29) is 22.1 Å². The summed E-state index contributed by atoms with van der Waals surface area (Å²) in [5.74, 6) is -0.742. The number of hydrogen-bond donors (Lipinski definition) is 0. The molecule has 0 fully saturated rings. The van der Waals surface area contributed by atoms with Gasteiger partial charge in [0, 0.05) is 6.26 Å². The van der Waals surface area contributed by atoms with Crippen molar-refractivity contribution in [3.63, 3.8) is 0 Å². The third kappa shape index (κ3) is 4.31. The maximum absolute atomic E-state index is 12.5. The summed E-state index contributed by atoms with van der Waals surface area (Å²) in [7, 11) is -3.60. The van der Waals surface area contributed by atoms with Crippen molar-refractivity contribution in [3.05, 3.63) is 76.1 Å². The fraction of sp³-hybridized carbons (Fsp3) is 0.150. The summed E-state index contributed by atoms with van der Waals surface area (Å²) in [4.78, 5) is 12.3. The molecule has 0 unspecified atom stereocenters. The van der Waals surface area contributed by atoms with Gasteiger partial charge in [0.25, 0.3) is 0 Å². The third-order valence-corrected chi connectivity index (χ3v) is 5.75. The highest BCUT2D eigenvalue weighted by molar-refractivity contribution is 7.90. The molecular weight excluding hydrogens is 414 g/mol. The molecule has 0 amide bonds. The number of aryl methyl sites for hydroxylation is 1. The highest BCUT2D eigenvalue weighted by Crippen LogP contribution is 2.24. The number of sulfone groups is 1. The molecule has 0 radical (unpaired) electrons. The van der Waals surface area contributed by atoms with Gasteiger partial charge in [-0.25, -0.2) is 17.9 Å². The maximum atomic E-state index is 12.5. The number of nitrogens with zero attached hydrogens (tertiary/aromatic N) is 3. The fourth-order valence-electron chi connectivity index (χ4n) is 2.77. The number of rotatable bonds is 5. The molecule has 0 N–H and O–H groups in total. The smallest absolute Gasteiger partial charge is 0.338 e. The van der Waals surface area contributed by atoms with E-state index in [1.165, 1.54) is 18.2 Å². The van der Waals surface area contributed by atoms with Gasteiger partial charge >= 0.3 is 5.97 Å². The van der Waals surface area contributed by atoms with Crippen molar-refractivity contribution in [3.8, 4) is 11.8 Å². The summed E-state index contributed by atoms with van der Waals surface area (Å²) in [6.45, 7) is 1.48. The first kappa shape index (κ1) is 20.6. The van der Waals surface area contributed by atoms with E-state index in [9.17, 15) is 18.5 Å². The van der Waals surface area contributed by atoms with Gasteiger partial charge in [0.15, 0.2) is 9.84 Å². The van der Waals surface area contributed by atoms with Crippen LogP contribution < -0.4 is 0 Å². The number of carbonyl (C=O) groups excluding carboxylic acids is 1. The van der Waals surface area contributed by atoms with Gasteiger partial charge in [-0.2, -0.15) is 10.4 Å². The SMILES string of the molecule is Cc1nn(-c2ccccc2)c(COC(=O)c2ccc(Cl)c(S(C)(=O)=O)c2)c1C#N. The zero-order valence-corrected chi connectivity index (χ0v) is 17.2. The predicted molar refractivity (Wildman–Crippen MR) is 107 cm³/mol. The Morgan fingerprint density at radius 3 is 2.55 bits per heavy atom. The molecule has 3 aromatic rings. The normalized spacial score (nSPS) is 11.1. The Labute approximate surface area is 173 Å². The zero-order chi connectivity index (χ0) is 21.2. The second kappa shape index (κ2) is 8.07. The molecule has 2 aromatic carbocycles. The van der Waals surface area contributed by atoms with Gasteiger partial charge in [0.05, 0.1) is 32.6 Å². The Morgan fingerprint density at radius 2 is 1.93 bits per heavy atom. The summed E-state index contributed by atoms with van der Waals surface area (Å²) in [5, 5.41) is 13.9. The van der Waals surface area contributed by atoms with Gasteiger partial charge in [-0.1, -0.05) is 29.8 Å². The van der Waals surface area contributed by atoms with Gasteiger partial charge in [-0.05, 0) is 37.3 Å². The molecule has 3 rings (SSSR count). The standard InChI is InChI=1S/C20H16ClN3O4S/c1-13-16(11-22)18(24(23-13)15-6-4-3-5-7-15)12-28-20(25)14-8-9-17(21)19(10-14)29(2,26)27/h3-10H,12H2,1-2H3. The van der Waals surface area contributed by atoms with Crippen LogP contribution in [0.2, 0.25) is 5.02 Å². The minimum Gasteiger partial charge on any atom is -0.456 e. The predicted octanol–water partition coefficient (Wildman–Crippen LogP) is 3.47. The van der Waals surface area contributed by atoms with Crippen LogP contribution in [-0.2, 0) is 21.2 Å². The van der Waals surface area contributed by atoms with E-state index in [2.05, 4.69) is 11.2 Å². The number of esters is 1. The highest BCUT2D eigenvalue weighted by Gasteiger charge is 2.20. The van der Waals surface area contributed by atoms with Crippen LogP contribution in [0.5, 0.6) is 0 Å². The molecule has 1 heterocycles. The van der Waals surface area contributed by atoms with Gasteiger partial charge in [0.1, 0.15) is 18.2 Å². The Hall–Kier alpha value is -3.15. The first-order valence-electron chi connectivity index (χ1n) is 8.43. The Morgan fingerprint density at radius 1 is 1.24 bits per heavy atom. The molecule has 0 saturated heterocycles. The van der Waals surface area contributed by atoms with Crippen molar-refractivity contribution < 1.29 is 17.9 Å². The second-order valence-corrected chi connectivity index (χ2v) is 8.65. The summed E-state index contributed by atoms with van der Waals surface area (Å²) >= 11 is 5.91. The number of para-hydroxylation sites is 1. The number of nitriles is 1. The van der Waals surface area contributed by atoms with Crippen molar-refractivity contribution >= 4 is 27.4 Å². The molecule has 0 saturated carbocycles. The monoisotopic (exact) mass is 429 g/mol. The van der Waals surface area contributed by atoms with Crippen LogP contribution in [0.3, 0.4) is 0 Å². The lowest BCUT2D eigenvalue weighted by Gasteiger charge is -2.10. The van der Waals surface area contributed by atoms with Crippen LogP contribution in [0.15, 0.2) is 53.4 Å². The zero-order valence-electron chi connectivity index (χ0n) is 15.6. The molecule has 0 aliphatic carbocycles. The first-order chi connectivity index (χ1) is 13.7. The van der Waals surface area contributed by atoms with E-state index in [4.69, 9.17) is 16.3 Å². The molecule has 0 atom stereocenters. The molecule has 1 aromatic heterocycles. The Balaban J connectivity index is 1.91. The lowest BCUT2D eigenvalue weighted by atomic mass is 10.2. The average molecular weight is 430 g/mol. The molecule has 148 valence electrons. The number of halogens is 1. The number of carbonyl (C=O) groups is 1. The van der Waals surface area contributed by atoms with E-state index in [1.54, 1.807) is 11.6 Å². The van der Waals surface area contributed by atoms with Crippen LogP contribution in [0.25, 0.3) is 5.69 Å². The second-order valence-electron chi connectivity index (χ2n) is 6.26. The lowest BCUT2D eigenvalue weighted by molar-refractivity contribution is 0.0464. The number of hydrogen-bond acceptors (Lipinski definition) is 6. The van der Waals surface area contributed by atoms with E-state index in [1.807, 2.05) is 30.3 Å². The van der Waals surface area contributed by atoms with Gasteiger partial charge < -0.3 is 4.74 Å². The van der Waals surface area contributed by atoms with Crippen molar-refractivity contribution in [1.29, 1.82) is 5.26 Å². The van der Waals surface area contributed by atoms with E-state index in [0.29, 0.717) is 22.6 Å². The number of benzene rings is 2. The van der Waals surface area contributed by atoms with Gasteiger partial charge in [-0.3, -0.25) is 0 Å². The van der Waals surface area contributed by atoms with E-state index >= 15 is 0 Å². The molecule has 0 aliphatic rings. The summed E-state index contributed by atoms with van der Waals surface area (Å²) < 4.78 is 30.5. The van der Waals surface area contributed by atoms with Gasteiger partial charge in [0.2, 0.25) is 0 Å². The molecule has 29 heavy (non-hydrogen) atoms. The summed E-state index contributed by atoms with van der Waals surface area (Å²) in [6, 6.07) is 15.1. The van der Waals surface area contributed by atoms with Crippen LogP contribution in [-0.4, -0.2) is 30.4 Å². The van der Waals surface area contributed by atoms with Crippen LogP contribution in [0, 0.1) is 18.3 Å². The largest absolute Gasteiger partial charge is 0.456 e. The van der Waals surface area contributed by atoms with Crippen molar-refractivity contribution in [2.75, 3.05) is 6.26 Å². The van der Waals surface area contributed by atoms with Gasteiger partial charge in [-0.15, -0.1) is 0 Å². The maximum Gasteiger partial charge on any atom is 0.338 e. The van der Waals surface area contributed by atoms with Crippen molar-refractivity contribution in [2.24, 2.45) is 0 Å². The van der Waals surface area contributed by atoms with E-state index in [0.717, 1.165) is 6.26 Å². The highest BCUT2D eigenvalue weighted by atomic mass is 35.5. The first-order valence-corrected chi connectivity index (χ1v) is 10.7. The lowest BCUT2D eigenvalue weighted by Crippen LogP contribution is -2.11. The fourth-order valence-corrected chi connectivity index (χ4v) is 4.07. The quantitative estimate of drug-likeness (QED) is 0.575. The van der Waals surface area contributed by atoms with Crippen molar-refractivity contribution in [1.82, 2.24) is 9.78 Å². The van der Waals surface area contributed by atoms with Crippen LogP contribution >= 0.6 is 11.6 Å². The summed E-state index contributed by atoms with van der Waals surface area (Å²) in [6.07, 6.45) is 1.00. The topological polar surface area (TPSA) is 102 Å². The minimum atomic E-state index is -3.60. The minimum absolute atomic E-state index is 0.0218. The Bertz CT molecular complexity index is 1230. The van der Waals surface area contributed by atoms with E-state index < -0.39 is 15.8 Å². The van der Waals surface area contributed by atoms with Crippen LogP contribution in [0.4, 0.5) is 0 Å². The average Bonchev–Trinajstić information content (AvgIpc) is 3.01. The summed E-state index contributed by atoms with van der Waals surface area (Å²) in [5.41, 5.74) is 1.99.